The summed E-state index contributed by atoms with van der Waals surface area (Å²) in [6.45, 7) is 3.38. The second-order valence-electron chi connectivity index (χ2n) is 4.22. The Morgan fingerprint density at radius 3 is 2.85 bits per heavy atom. The molecule has 0 saturated carbocycles. The van der Waals surface area contributed by atoms with E-state index >= 15 is 0 Å². The third-order valence-electron chi connectivity index (χ3n) is 2.67. The number of nitrogens with zero attached hydrogens (tertiary/aromatic N) is 1. The van der Waals surface area contributed by atoms with E-state index in [-0.39, 0.29) is 16.9 Å². The van der Waals surface area contributed by atoms with Gasteiger partial charge >= 0.3 is 5.69 Å². The van der Waals surface area contributed by atoms with Crippen LogP contribution in [0.5, 0.6) is 0 Å². The maximum Gasteiger partial charge on any atom is 0.304 e. The molecule has 1 aromatic rings. The van der Waals surface area contributed by atoms with Crippen molar-refractivity contribution in [1.82, 2.24) is 5.32 Å². The number of para-hydroxylation sites is 1. The Balaban J connectivity index is 2.56. The van der Waals surface area contributed by atoms with Crippen LogP contribution in [0.4, 0.5) is 11.4 Å². The number of nitro benzene ring substituents is 1. The molecule has 0 unspecified atom stereocenters. The molecule has 0 aliphatic heterocycles. The van der Waals surface area contributed by atoms with Gasteiger partial charge in [0.15, 0.2) is 0 Å². The fourth-order valence-electron chi connectivity index (χ4n) is 1.63. The van der Waals surface area contributed by atoms with E-state index in [1.54, 1.807) is 0 Å². The molecule has 0 aliphatic carbocycles. The number of nitro groups is 1. The van der Waals surface area contributed by atoms with E-state index in [4.69, 9.17) is 10.5 Å². The summed E-state index contributed by atoms with van der Waals surface area (Å²) in [7, 11) is 0. The lowest BCUT2D eigenvalue weighted by molar-refractivity contribution is -0.384. The molecule has 3 N–H and O–H groups in total. The van der Waals surface area contributed by atoms with Crippen molar-refractivity contribution in [2.24, 2.45) is 0 Å². The van der Waals surface area contributed by atoms with E-state index in [1.807, 2.05) is 0 Å². The number of unbranched alkanes of at least 4 members (excludes halogenated alkanes) is 1. The molecule has 7 nitrogen and oxygen atoms in total. The quantitative estimate of drug-likeness (QED) is 0.326. The normalized spacial score (nSPS) is 10.2. The summed E-state index contributed by atoms with van der Waals surface area (Å²) in [5.41, 5.74) is 5.10. The van der Waals surface area contributed by atoms with Gasteiger partial charge in [-0.15, -0.1) is 0 Å². The highest BCUT2D eigenvalue weighted by atomic mass is 16.6. The summed E-state index contributed by atoms with van der Waals surface area (Å²) < 4.78 is 5.29. The minimum absolute atomic E-state index is 0.0261. The fraction of sp³-hybridized carbons (Fsp3) is 0.462. The van der Waals surface area contributed by atoms with Crippen molar-refractivity contribution in [3.05, 3.63) is 33.9 Å². The third kappa shape index (κ3) is 4.51. The lowest BCUT2D eigenvalue weighted by atomic mass is 10.1. The van der Waals surface area contributed by atoms with Crippen molar-refractivity contribution in [2.75, 3.05) is 25.5 Å². The number of hydrogen-bond donors (Lipinski definition) is 2. The summed E-state index contributed by atoms with van der Waals surface area (Å²) in [4.78, 5) is 22.1. The van der Waals surface area contributed by atoms with Crippen molar-refractivity contribution in [1.29, 1.82) is 0 Å². The summed E-state index contributed by atoms with van der Waals surface area (Å²) in [5, 5.41) is 13.5. The Morgan fingerprint density at radius 1 is 1.45 bits per heavy atom. The van der Waals surface area contributed by atoms with Gasteiger partial charge in [0.1, 0.15) is 11.3 Å². The van der Waals surface area contributed by atoms with Gasteiger partial charge in [0.2, 0.25) is 0 Å². The molecule has 0 saturated heterocycles. The molecule has 20 heavy (non-hydrogen) atoms. The van der Waals surface area contributed by atoms with Gasteiger partial charge in [-0.05, 0) is 18.6 Å². The zero-order valence-corrected chi connectivity index (χ0v) is 11.4. The molecule has 0 aromatic heterocycles. The zero-order chi connectivity index (χ0) is 15.0. The maximum absolute atomic E-state index is 11.9. The molecule has 1 amide bonds. The zero-order valence-electron chi connectivity index (χ0n) is 11.4. The largest absolute Gasteiger partial charge is 0.393 e. The van der Waals surface area contributed by atoms with E-state index in [0.29, 0.717) is 19.8 Å². The topological polar surface area (TPSA) is 107 Å². The molecule has 0 fully saturated rings. The molecule has 0 atom stereocenters. The highest BCUT2D eigenvalue weighted by Crippen LogP contribution is 2.25. The van der Waals surface area contributed by atoms with Gasteiger partial charge in [-0.3, -0.25) is 14.9 Å². The average Bonchev–Trinajstić information content (AvgIpc) is 2.41. The number of nitrogen functional groups attached to an aromatic ring is 1. The first kappa shape index (κ1) is 15.9. The first-order valence-corrected chi connectivity index (χ1v) is 6.46. The van der Waals surface area contributed by atoms with Crippen LogP contribution in [-0.4, -0.2) is 30.6 Å². The maximum atomic E-state index is 11.9. The van der Waals surface area contributed by atoms with E-state index in [1.165, 1.54) is 18.2 Å². The summed E-state index contributed by atoms with van der Waals surface area (Å²) in [6.07, 6.45) is 2.01. The molecule has 1 aromatic carbocycles. The van der Waals surface area contributed by atoms with Crippen molar-refractivity contribution in [3.63, 3.8) is 0 Å². The molecule has 0 spiro atoms. The molecule has 0 radical (unpaired) electrons. The van der Waals surface area contributed by atoms with E-state index in [0.717, 1.165) is 12.8 Å². The summed E-state index contributed by atoms with van der Waals surface area (Å²) >= 11 is 0. The lowest BCUT2D eigenvalue weighted by Crippen LogP contribution is -2.28. The van der Waals surface area contributed by atoms with Crippen LogP contribution in [0.3, 0.4) is 0 Å². The summed E-state index contributed by atoms with van der Waals surface area (Å²) in [5.74, 6) is -0.525. The van der Waals surface area contributed by atoms with Crippen LogP contribution in [0.25, 0.3) is 0 Å². The number of rotatable bonds is 8. The SMILES string of the molecule is CCCCOCCNC(=O)c1cccc(N)c1[N+](=O)[O-]. The Labute approximate surface area is 117 Å². The van der Waals surface area contributed by atoms with Crippen LogP contribution in [0.1, 0.15) is 30.1 Å². The van der Waals surface area contributed by atoms with E-state index < -0.39 is 10.8 Å². The summed E-state index contributed by atoms with van der Waals surface area (Å²) in [6, 6.07) is 4.28. The average molecular weight is 281 g/mol. The number of hydrogen-bond acceptors (Lipinski definition) is 5. The number of amides is 1. The van der Waals surface area contributed by atoms with Crippen LogP contribution in [0.15, 0.2) is 18.2 Å². The van der Waals surface area contributed by atoms with Crippen LogP contribution in [0.2, 0.25) is 0 Å². The molecular weight excluding hydrogens is 262 g/mol. The number of nitrogens with two attached hydrogens (primary N) is 1. The van der Waals surface area contributed by atoms with Crippen molar-refractivity contribution < 1.29 is 14.5 Å². The third-order valence-corrected chi connectivity index (χ3v) is 2.67. The van der Waals surface area contributed by atoms with Crippen LogP contribution in [0, 0.1) is 10.1 Å². The second kappa shape index (κ2) is 8.11. The van der Waals surface area contributed by atoms with Crippen molar-refractivity contribution in [3.8, 4) is 0 Å². The Morgan fingerprint density at radius 2 is 2.20 bits per heavy atom. The van der Waals surface area contributed by atoms with Crippen molar-refractivity contribution in [2.45, 2.75) is 19.8 Å². The Bertz CT molecular complexity index is 477. The molecule has 1 rings (SSSR count). The van der Waals surface area contributed by atoms with Gasteiger partial charge < -0.3 is 15.8 Å². The van der Waals surface area contributed by atoms with Gasteiger partial charge in [0.25, 0.3) is 5.91 Å². The van der Waals surface area contributed by atoms with Gasteiger partial charge in [-0.2, -0.15) is 0 Å². The van der Waals surface area contributed by atoms with Gasteiger partial charge in [0, 0.05) is 13.2 Å². The first-order chi connectivity index (χ1) is 9.57. The first-order valence-electron chi connectivity index (χ1n) is 6.46. The van der Waals surface area contributed by atoms with Gasteiger partial charge in [-0.25, -0.2) is 0 Å². The second-order valence-corrected chi connectivity index (χ2v) is 4.22. The number of benzene rings is 1. The number of ether oxygens (including phenoxy) is 1. The Kier molecular flexibility index (Phi) is 6.45. The highest BCUT2D eigenvalue weighted by Gasteiger charge is 2.22. The number of nitrogens with one attached hydrogen (secondary N) is 1. The van der Waals surface area contributed by atoms with Crippen LogP contribution >= 0.6 is 0 Å². The number of carbonyl (C=O) groups excluding carboxylic acids is 1. The number of carbonyl (C=O) groups is 1. The Hall–Kier alpha value is -2.15. The van der Waals surface area contributed by atoms with E-state index in [2.05, 4.69) is 12.2 Å². The van der Waals surface area contributed by atoms with Crippen LogP contribution in [-0.2, 0) is 4.74 Å². The van der Waals surface area contributed by atoms with Gasteiger partial charge in [-0.1, -0.05) is 19.4 Å². The minimum Gasteiger partial charge on any atom is -0.393 e. The molecule has 0 bridgehead atoms. The predicted octanol–water partition coefficient (Wildman–Crippen LogP) is 1.72. The molecule has 0 aliphatic rings. The highest BCUT2D eigenvalue weighted by molar-refractivity contribution is 6.00. The van der Waals surface area contributed by atoms with Gasteiger partial charge in [0.05, 0.1) is 11.5 Å². The fourth-order valence-corrected chi connectivity index (χ4v) is 1.63. The molecule has 7 heteroatoms. The monoisotopic (exact) mass is 281 g/mol. The molecule has 0 heterocycles. The predicted molar refractivity (Wildman–Crippen MR) is 75.6 cm³/mol. The van der Waals surface area contributed by atoms with E-state index in [9.17, 15) is 14.9 Å². The lowest BCUT2D eigenvalue weighted by Gasteiger charge is -2.07. The standard InChI is InChI=1S/C13H19N3O4/c1-2-3-8-20-9-7-15-13(17)10-5-4-6-11(14)12(10)16(18)19/h4-6H,2-3,7-9,14H2,1H3,(H,15,17). The molecule has 110 valence electrons. The molecular formula is C13H19N3O4. The van der Waals surface area contributed by atoms with Crippen LogP contribution < -0.4 is 11.1 Å². The minimum atomic E-state index is -0.651. The van der Waals surface area contributed by atoms with Crippen molar-refractivity contribution >= 4 is 17.3 Å². The number of anilines is 1. The smallest absolute Gasteiger partial charge is 0.304 e.